The van der Waals surface area contributed by atoms with Gasteiger partial charge in [-0.1, -0.05) is 85.0 Å². The van der Waals surface area contributed by atoms with Crippen LogP contribution in [0.25, 0.3) is 0 Å². The molecule has 0 N–H and O–H groups in total. The molecule has 0 saturated heterocycles. The molecule has 3 nitrogen and oxygen atoms in total. The summed E-state index contributed by atoms with van der Waals surface area (Å²) in [5.41, 5.74) is 0. The van der Waals surface area contributed by atoms with Gasteiger partial charge in [-0.2, -0.15) is 0 Å². The van der Waals surface area contributed by atoms with E-state index in [1.54, 1.807) is 0 Å². The van der Waals surface area contributed by atoms with Crippen molar-refractivity contribution in [1.82, 2.24) is 0 Å². The Kier molecular flexibility index (Phi) is 27.2. The SMILES string of the molecule is CCCCCCCCCCCCCC[N+](CCC)(CCC)CCCCCC(=O)OCC.[Br-]. The average Bonchev–Trinajstić information content (AvgIpc) is 2.75. The first-order valence-electron chi connectivity index (χ1n) is 14.1. The van der Waals surface area contributed by atoms with Gasteiger partial charge in [-0.15, -0.1) is 0 Å². The molecule has 0 aliphatic carbocycles. The van der Waals surface area contributed by atoms with Gasteiger partial charge in [-0.25, -0.2) is 0 Å². The van der Waals surface area contributed by atoms with Crippen molar-refractivity contribution in [2.45, 2.75) is 143 Å². The van der Waals surface area contributed by atoms with Gasteiger partial charge in [-0.3, -0.25) is 4.79 Å². The molecular weight excluding hydrogens is 462 g/mol. The summed E-state index contributed by atoms with van der Waals surface area (Å²) < 4.78 is 6.36. The van der Waals surface area contributed by atoms with Crippen molar-refractivity contribution in [3.05, 3.63) is 0 Å². The minimum absolute atomic E-state index is 0. The highest BCUT2D eigenvalue weighted by Gasteiger charge is 2.24. The highest BCUT2D eigenvalue weighted by Crippen LogP contribution is 2.18. The van der Waals surface area contributed by atoms with Crippen LogP contribution in [0.1, 0.15) is 143 Å². The second-order valence-electron chi connectivity index (χ2n) is 9.74. The van der Waals surface area contributed by atoms with Crippen molar-refractivity contribution in [1.29, 1.82) is 0 Å². The first-order chi connectivity index (χ1) is 15.1. The smallest absolute Gasteiger partial charge is 0.305 e. The van der Waals surface area contributed by atoms with Crippen LogP contribution in [0.5, 0.6) is 0 Å². The lowest BCUT2D eigenvalue weighted by atomic mass is 10.0. The number of esters is 1. The van der Waals surface area contributed by atoms with E-state index in [9.17, 15) is 4.79 Å². The Bertz CT molecular complexity index is 384. The van der Waals surface area contributed by atoms with Gasteiger partial charge in [0, 0.05) is 6.42 Å². The van der Waals surface area contributed by atoms with E-state index in [0.717, 1.165) is 12.8 Å². The molecule has 0 saturated carbocycles. The summed E-state index contributed by atoms with van der Waals surface area (Å²) in [7, 11) is 0. The lowest BCUT2D eigenvalue weighted by Gasteiger charge is -2.39. The van der Waals surface area contributed by atoms with Gasteiger partial charge in [0.2, 0.25) is 0 Å². The van der Waals surface area contributed by atoms with Gasteiger partial charge >= 0.3 is 5.97 Å². The van der Waals surface area contributed by atoms with E-state index in [1.165, 1.54) is 127 Å². The van der Waals surface area contributed by atoms with Gasteiger partial charge in [-0.05, 0) is 51.9 Å². The van der Waals surface area contributed by atoms with Crippen molar-refractivity contribution in [2.24, 2.45) is 0 Å². The molecule has 0 bridgehead atoms. The number of hydrogen-bond donors (Lipinski definition) is 0. The summed E-state index contributed by atoms with van der Waals surface area (Å²) in [5, 5.41) is 0. The van der Waals surface area contributed by atoms with E-state index in [0.29, 0.717) is 13.0 Å². The third kappa shape index (κ3) is 20.5. The van der Waals surface area contributed by atoms with Crippen LogP contribution in [-0.2, 0) is 9.53 Å². The number of nitrogens with zero attached hydrogens (tertiary/aromatic N) is 1. The van der Waals surface area contributed by atoms with E-state index < -0.39 is 0 Å². The van der Waals surface area contributed by atoms with E-state index in [-0.39, 0.29) is 23.0 Å². The van der Waals surface area contributed by atoms with Crippen LogP contribution in [0, 0.1) is 0 Å². The Balaban J connectivity index is 0. The molecule has 0 heterocycles. The van der Waals surface area contributed by atoms with E-state index in [2.05, 4.69) is 20.8 Å². The monoisotopic (exact) mass is 519 g/mol. The Morgan fingerprint density at radius 1 is 0.531 bits per heavy atom. The van der Waals surface area contributed by atoms with Crippen LogP contribution in [0.15, 0.2) is 0 Å². The van der Waals surface area contributed by atoms with Crippen LogP contribution in [-0.4, -0.2) is 43.2 Å². The maximum atomic E-state index is 11.5. The molecule has 0 fully saturated rings. The first kappa shape index (κ1) is 34.1. The van der Waals surface area contributed by atoms with Crippen molar-refractivity contribution < 1.29 is 31.0 Å². The van der Waals surface area contributed by atoms with Gasteiger partial charge in [0.15, 0.2) is 0 Å². The summed E-state index contributed by atoms with van der Waals surface area (Å²) in [6.45, 7) is 14.7. The molecule has 0 atom stereocenters. The maximum absolute atomic E-state index is 11.5. The molecule has 0 aromatic rings. The zero-order chi connectivity index (χ0) is 23.0. The second kappa shape index (κ2) is 25.5. The number of ether oxygens (including phenoxy) is 1. The predicted octanol–water partition coefficient (Wildman–Crippen LogP) is 5.45. The van der Waals surface area contributed by atoms with Crippen molar-refractivity contribution in [3.63, 3.8) is 0 Å². The summed E-state index contributed by atoms with van der Waals surface area (Å²) in [4.78, 5) is 11.5. The van der Waals surface area contributed by atoms with E-state index in [4.69, 9.17) is 4.74 Å². The molecule has 0 spiro atoms. The highest BCUT2D eigenvalue weighted by atomic mass is 79.9. The van der Waals surface area contributed by atoms with Crippen LogP contribution < -0.4 is 17.0 Å². The molecule has 32 heavy (non-hydrogen) atoms. The lowest BCUT2D eigenvalue weighted by molar-refractivity contribution is -0.928. The van der Waals surface area contributed by atoms with Gasteiger partial charge in [0.1, 0.15) is 0 Å². The molecule has 194 valence electrons. The van der Waals surface area contributed by atoms with Crippen LogP contribution in [0.2, 0.25) is 0 Å². The van der Waals surface area contributed by atoms with E-state index in [1.807, 2.05) is 6.92 Å². The maximum Gasteiger partial charge on any atom is 0.305 e. The van der Waals surface area contributed by atoms with Crippen molar-refractivity contribution in [3.8, 4) is 0 Å². The average molecular weight is 521 g/mol. The minimum atomic E-state index is -0.0261. The fraction of sp³-hybridized carbons (Fsp3) is 0.964. The molecule has 0 rings (SSSR count). The third-order valence-corrected chi connectivity index (χ3v) is 6.70. The van der Waals surface area contributed by atoms with Crippen LogP contribution >= 0.6 is 0 Å². The fourth-order valence-electron chi connectivity index (χ4n) is 5.03. The lowest BCUT2D eigenvalue weighted by Crippen LogP contribution is -3.00. The summed E-state index contributed by atoms with van der Waals surface area (Å²) in [6.07, 6.45) is 23.7. The zero-order valence-electron chi connectivity index (χ0n) is 22.4. The number of halogens is 1. The number of carbonyl (C=O) groups excluding carboxylic acids is 1. The molecule has 0 unspecified atom stereocenters. The fourth-order valence-corrected chi connectivity index (χ4v) is 5.03. The van der Waals surface area contributed by atoms with Crippen molar-refractivity contribution in [2.75, 3.05) is 32.8 Å². The van der Waals surface area contributed by atoms with E-state index >= 15 is 0 Å². The molecule has 0 aliphatic rings. The standard InChI is InChI=1S/C28H58NO2.BrH/c1-5-9-10-11-12-13-14-15-16-17-18-21-26-29(24-6-2,25-7-3)27-22-19-20-23-28(30)31-8-4;/h5-27H2,1-4H3;1H/q+1;/p-1. The van der Waals surface area contributed by atoms with Crippen LogP contribution in [0.3, 0.4) is 0 Å². The topological polar surface area (TPSA) is 26.3 Å². The van der Waals surface area contributed by atoms with Crippen molar-refractivity contribution >= 4 is 5.97 Å². The number of hydrogen-bond acceptors (Lipinski definition) is 2. The quantitative estimate of drug-likeness (QED) is 0.0961. The highest BCUT2D eigenvalue weighted by molar-refractivity contribution is 5.69. The van der Waals surface area contributed by atoms with Gasteiger partial charge in [0.25, 0.3) is 0 Å². The molecule has 0 amide bonds. The minimum Gasteiger partial charge on any atom is -1.00 e. The second-order valence-corrected chi connectivity index (χ2v) is 9.74. The Hall–Kier alpha value is -0.0900. The van der Waals surface area contributed by atoms with Gasteiger partial charge in [0.05, 0.1) is 32.8 Å². The third-order valence-electron chi connectivity index (χ3n) is 6.70. The largest absolute Gasteiger partial charge is 1.00 e. The van der Waals surface area contributed by atoms with Crippen LogP contribution in [0.4, 0.5) is 0 Å². The Morgan fingerprint density at radius 2 is 0.938 bits per heavy atom. The number of quaternary nitrogens is 1. The first-order valence-corrected chi connectivity index (χ1v) is 14.1. The summed E-state index contributed by atoms with van der Waals surface area (Å²) >= 11 is 0. The molecule has 0 aromatic carbocycles. The molecular formula is C28H58BrNO2. The Labute approximate surface area is 212 Å². The number of rotatable bonds is 24. The summed E-state index contributed by atoms with van der Waals surface area (Å²) in [6, 6.07) is 0. The normalized spacial score (nSPS) is 11.4. The molecule has 0 aromatic heterocycles. The van der Waals surface area contributed by atoms with Gasteiger partial charge < -0.3 is 26.2 Å². The molecule has 4 heteroatoms. The zero-order valence-corrected chi connectivity index (χ0v) is 24.0. The number of carbonyl (C=O) groups is 1. The predicted molar refractivity (Wildman–Crippen MR) is 136 cm³/mol. The summed E-state index contributed by atoms with van der Waals surface area (Å²) in [5.74, 6) is -0.0261. The number of unbranched alkanes of at least 4 members (excludes halogenated alkanes) is 13. The molecule has 0 radical (unpaired) electrons. The Morgan fingerprint density at radius 3 is 1.34 bits per heavy atom. The molecule has 0 aliphatic heterocycles.